The van der Waals surface area contributed by atoms with E-state index < -0.39 is 0 Å². The standard InChI is InChI=1S/C12H19BrN2OS/c1-4-5-9-6-10(16)15-11(14-9)17-8-12(2,3)7-13/h6H,4-5,7-8H2,1-3H3,(H,14,15,16). The van der Waals surface area contributed by atoms with Crippen LogP contribution in [0.4, 0.5) is 0 Å². The number of hydrogen-bond acceptors (Lipinski definition) is 3. The number of rotatable bonds is 6. The average molecular weight is 319 g/mol. The highest BCUT2D eigenvalue weighted by Gasteiger charge is 2.17. The first kappa shape index (κ1) is 14.8. The molecule has 0 radical (unpaired) electrons. The van der Waals surface area contributed by atoms with Gasteiger partial charge in [0, 0.05) is 22.8 Å². The van der Waals surface area contributed by atoms with Crippen molar-refractivity contribution in [3.05, 3.63) is 22.1 Å². The van der Waals surface area contributed by atoms with E-state index in [0.29, 0.717) is 0 Å². The first-order valence-corrected chi connectivity index (χ1v) is 7.86. The first-order chi connectivity index (χ1) is 7.96. The molecule has 0 spiro atoms. The highest BCUT2D eigenvalue weighted by molar-refractivity contribution is 9.09. The Morgan fingerprint density at radius 2 is 2.24 bits per heavy atom. The maximum Gasteiger partial charge on any atom is 0.251 e. The van der Waals surface area contributed by atoms with Crippen LogP contribution in [-0.4, -0.2) is 21.1 Å². The first-order valence-electron chi connectivity index (χ1n) is 5.76. The zero-order valence-corrected chi connectivity index (χ0v) is 12.9. The molecule has 0 atom stereocenters. The fraction of sp³-hybridized carbons (Fsp3) is 0.667. The van der Waals surface area contributed by atoms with E-state index in [4.69, 9.17) is 0 Å². The Morgan fingerprint density at radius 1 is 1.53 bits per heavy atom. The van der Waals surface area contributed by atoms with E-state index in [0.717, 1.165) is 34.8 Å². The molecule has 0 fully saturated rings. The number of aromatic nitrogens is 2. The molecule has 5 heteroatoms. The second-order valence-electron chi connectivity index (χ2n) is 4.88. The van der Waals surface area contributed by atoms with Crippen molar-refractivity contribution in [3.63, 3.8) is 0 Å². The minimum atomic E-state index is -0.0531. The summed E-state index contributed by atoms with van der Waals surface area (Å²) in [4.78, 5) is 18.7. The summed E-state index contributed by atoms with van der Waals surface area (Å²) in [6.45, 7) is 6.45. The monoisotopic (exact) mass is 318 g/mol. The lowest BCUT2D eigenvalue weighted by atomic mass is 10.0. The van der Waals surface area contributed by atoms with E-state index in [1.807, 2.05) is 0 Å². The molecule has 0 aliphatic carbocycles. The zero-order valence-electron chi connectivity index (χ0n) is 10.5. The number of thioether (sulfide) groups is 1. The quantitative estimate of drug-likeness (QED) is 0.497. The fourth-order valence-electron chi connectivity index (χ4n) is 1.24. The summed E-state index contributed by atoms with van der Waals surface area (Å²) in [7, 11) is 0. The highest BCUT2D eigenvalue weighted by Crippen LogP contribution is 2.26. The van der Waals surface area contributed by atoms with Gasteiger partial charge in [-0.25, -0.2) is 4.98 Å². The fourth-order valence-corrected chi connectivity index (χ4v) is 2.68. The van der Waals surface area contributed by atoms with Crippen LogP contribution in [0.1, 0.15) is 32.9 Å². The van der Waals surface area contributed by atoms with Crippen molar-refractivity contribution in [1.82, 2.24) is 9.97 Å². The summed E-state index contributed by atoms with van der Waals surface area (Å²) in [5.41, 5.74) is 1.03. The Balaban J connectivity index is 2.74. The van der Waals surface area contributed by atoms with Gasteiger partial charge in [-0.15, -0.1) is 0 Å². The molecule has 1 heterocycles. The normalized spacial score (nSPS) is 11.8. The van der Waals surface area contributed by atoms with Gasteiger partial charge < -0.3 is 4.98 Å². The lowest BCUT2D eigenvalue weighted by Crippen LogP contribution is -2.17. The number of halogens is 1. The van der Waals surface area contributed by atoms with E-state index >= 15 is 0 Å². The van der Waals surface area contributed by atoms with Crippen molar-refractivity contribution in [2.75, 3.05) is 11.1 Å². The molecule has 0 saturated carbocycles. The SMILES string of the molecule is CCCc1cc(=O)[nH]c(SCC(C)(C)CBr)n1. The summed E-state index contributed by atoms with van der Waals surface area (Å²) >= 11 is 5.10. The van der Waals surface area contributed by atoms with Gasteiger partial charge >= 0.3 is 0 Å². The molecule has 0 amide bonds. The van der Waals surface area contributed by atoms with Gasteiger partial charge in [-0.05, 0) is 11.8 Å². The van der Waals surface area contributed by atoms with Crippen LogP contribution in [0.25, 0.3) is 0 Å². The second kappa shape index (κ2) is 6.59. The third kappa shape index (κ3) is 5.25. The number of hydrogen-bond donors (Lipinski definition) is 1. The molecule has 1 aromatic rings. The van der Waals surface area contributed by atoms with Crippen molar-refractivity contribution < 1.29 is 0 Å². The third-order valence-corrected chi connectivity index (χ3v) is 5.15. The number of alkyl halides is 1. The predicted molar refractivity (Wildman–Crippen MR) is 77.2 cm³/mol. The smallest absolute Gasteiger partial charge is 0.251 e. The average Bonchev–Trinajstić information content (AvgIpc) is 2.26. The molecular formula is C12H19BrN2OS. The lowest BCUT2D eigenvalue weighted by Gasteiger charge is -2.20. The van der Waals surface area contributed by atoms with Crippen LogP contribution in [0.15, 0.2) is 16.0 Å². The molecule has 0 unspecified atom stereocenters. The molecule has 17 heavy (non-hydrogen) atoms. The molecule has 1 rings (SSSR count). The molecule has 1 aromatic heterocycles. The van der Waals surface area contributed by atoms with E-state index in [2.05, 4.69) is 46.7 Å². The van der Waals surface area contributed by atoms with Gasteiger partial charge in [-0.2, -0.15) is 0 Å². The Labute approximate surface area is 115 Å². The molecule has 0 aliphatic heterocycles. The Kier molecular flexibility index (Phi) is 5.73. The van der Waals surface area contributed by atoms with Crippen LogP contribution in [0, 0.1) is 5.41 Å². The predicted octanol–water partition coefficient (Wildman–Crippen LogP) is 3.24. The van der Waals surface area contributed by atoms with E-state index in [1.165, 1.54) is 0 Å². The maximum atomic E-state index is 11.5. The van der Waals surface area contributed by atoms with E-state index in [1.54, 1.807) is 17.8 Å². The summed E-state index contributed by atoms with van der Waals surface area (Å²) in [5, 5.41) is 1.67. The number of H-pyrrole nitrogens is 1. The molecule has 1 N–H and O–H groups in total. The summed E-state index contributed by atoms with van der Waals surface area (Å²) in [6, 6.07) is 1.59. The van der Waals surface area contributed by atoms with Crippen LogP contribution in [0.5, 0.6) is 0 Å². The van der Waals surface area contributed by atoms with E-state index in [9.17, 15) is 4.79 Å². The third-order valence-electron chi connectivity index (χ3n) is 2.24. The Bertz CT molecular complexity index is 417. The van der Waals surface area contributed by atoms with Gasteiger partial charge in [0.1, 0.15) is 0 Å². The molecular weight excluding hydrogens is 300 g/mol. The minimum Gasteiger partial charge on any atom is -0.301 e. The van der Waals surface area contributed by atoms with Crippen molar-refractivity contribution in [3.8, 4) is 0 Å². The maximum absolute atomic E-state index is 11.5. The molecule has 3 nitrogen and oxygen atoms in total. The molecule has 0 saturated heterocycles. The van der Waals surface area contributed by atoms with Gasteiger partial charge in [0.05, 0.1) is 0 Å². The van der Waals surface area contributed by atoms with Gasteiger partial charge in [0.2, 0.25) is 0 Å². The van der Waals surface area contributed by atoms with Crippen molar-refractivity contribution in [1.29, 1.82) is 0 Å². The minimum absolute atomic E-state index is 0.0531. The van der Waals surface area contributed by atoms with Gasteiger partial charge in [0.25, 0.3) is 5.56 Å². The lowest BCUT2D eigenvalue weighted by molar-refractivity contribution is 0.495. The van der Waals surface area contributed by atoms with Gasteiger partial charge in [-0.3, -0.25) is 4.79 Å². The highest BCUT2D eigenvalue weighted by atomic mass is 79.9. The Hall–Kier alpha value is -0.290. The summed E-state index contributed by atoms with van der Waals surface area (Å²) < 4.78 is 0. The second-order valence-corrected chi connectivity index (χ2v) is 6.40. The van der Waals surface area contributed by atoms with Crippen LogP contribution in [-0.2, 0) is 6.42 Å². The largest absolute Gasteiger partial charge is 0.301 e. The summed E-state index contributed by atoms with van der Waals surface area (Å²) in [6.07, 6.45) is 1.87. The number of aromatic amines is 1. The van der Waals surface area contributed by atoms with Crippen LogP contribution >= 0.6 is 27.7 Å². The molecule has 0 bridgehead atoms. The zero-order chi connectivity index (χ0) is 12.9. The topological polar surface area (TPSA) is 45.8 Å². The molecule has 0 aromatic carbocycles. The van der Waals surface area contributed by atoms with Crippen LogP contribution in [0.2, 0.25) is 0 Å². The number of nitrogens with one attached hydrogen (secondary N) is 1. The number of aryl methyl sites for hydroxylation is 1. The van der Waals surface area contributed by atoms with Gasteiger partial charge in [0.15, 0.2) is 5.16 Å². The van der Waals surface area contributed by atoms with Crippen molar-refractivity contribution in [2.45, 2.75) is 38.8 Å². The van der Waals surface area contributed by atoms with Gasteiger partial charge in [-0.1, -0.05) is 54.9 Å². The van der Waals surface area contributed by atoms with E-state index in [-0.39, 0.29) is 11.0 Å². The number of nitrogens with zero attached hydrogens (tertiary/aromatic N) is 1. The summed E-state index contributed by atoms with van der Waals surface area (Å²) in [5.74, 6) is 0.927. The van der Waals surface area contributed by atoms with Crippen LogP contribution < -0.4 is 5.56 Å². The van der Waals surface area contributed by atoms with Crippen molar-refractivity contribution >= 4 is 27.7 Å². The Morgan fingerprint density at radius 3 is 2.82 bits per heavy atom. The van der Waals surface area contributed by atoms with Crippen molar-refractivity contribution in [2.24, 2.45) is 5.41 Å². The molecule has 0 aliphatic rings. The van der Waals surface area contributed by atoms with Crippen LogP contribution in [0.3, 0.4) is 0 Å². The molecule has 96 valence electrons.